The molecule has 2 N–H and O–H groups in total. The highest BCUT2D eigenvalue weighted by atomic mass is 16.5. The molecular weight excluding hydrogens is 242 g/mol. The van der Waals surface area contributed by atoms with Gasteiger partial charge in [-0.1, -0.05) is 19.1 Å². The molecular formula is C15H25NO3. The van der Waals surface area contributed by atoms with E-state index < -0.39 is 6.10 Å². The molecule has 19 heavy (non-hydrogen) atoms. The lowest BCUT2D eigenvalue weighted by molar-refractivity contribution is 0.0164. The molecule has 0 aliphatic rings. The van der Waals surface area contributed by atoms with E-state index in [1.165, 1.54) is 5.56 Å². The number of aliphatic hydroxyl groups is 1. The lowest BCUT2D eigenvalue weighted by atomic mass is 10.1. The van der Waals surface area contributed by atoms with E-state index in [2.05, 4.69) is 19.2 Å². The summed E-state index contributed by atoms with van der Waals surface area (Å²) in [5.41, 5.74) is 1.23. The van der Waals surface area contributed by atoms with Crippen LogP contribution in [0.15, 0.2) is 24.3 Å². The Balaban J connectivity index is 2.39. The summed E-state index contributed by atoms with van der Waals surface area (Å²) in [6.45, 7) is 8.24. The quantitative estimate of drug-likeness (QED) is 0.719. The van der Waals surface area contributed by atoms with Crippen LogP contribution >= 0.6 is 0 Å². The van der Waals surface area contributed by atoms with Crippen LogP contribution in [-0.2, 0) is 4.74 Å². The Labute approximate surface area is 115 Å². The fraction of sp³-hybridized carbons (Fsp3) is 0.600. The average Bonchev–Trinajstić information content (AvgIpc) is 2.43. The smallest absolute Gasteiger partial charge is 0.119 e. The van der Waals surface area contributed by atoms with Crippen molar-refractivity contribution in [2.45, 2.75) is 32.9 Å². The third kappa shape index (κ3) is 6.05. The Morgan fingerprint density at radius 3 is 2.42 bits per heavy atom. The molecule has 0 saturated heterocycles. The number of hydrogen-bond donors (Lipinski definition) is 2. The minimum Gasteiger partial charge on any atom is -0.491 e. The lowest BCUT2D eigenvalue weighted by Gasteiger charge is -2.15. The van der Waals surface area contributed by atoms with Crippen molar-refractivity contribution in [3.8, 4) is 5.75 Å². The van der Waals surface area contributed by atoms with Gasteiger partial charge >= 0.3 is 0 Å². The molecule has 1 aromatic carbocycles. The standard InChI is InChI=1S/C15H25NO3/c1-4-16-12(3)13-6-8-15(9-7-13)19-11-14(17)10-18-5-2/h6-9,12,14,16-17H,4-5,10-11H2,1-3H3. The van der Waals surface area contributed by atoms with Crippen molar-refractivity contribution in [3.63, 3.8) is 0 Å². The Hall–Kier alpha value is -1.10. The maximum Gasteiger partial charge on any atom is 0.119 e. The minimum atomic E-state index is -0.583. The molecule has 0 amide bonds. The molecule has 0 aromatic heterocycles. The summed E-state index contributed by atoms with van der Waals surface area (Å²) in [6.07, 6.45) is -0.583. The van der Waals surface area contributed by atoms with E-state index in [9.17, 15) is 5.11 Å². The van der Waals surface area contributed by atoms with Crippen molar-refractivity contribution in [2.24, 2.45) is 0 Å². The molecule has 0 spiro atoms. The van der Waals surface area contributed by atoms with Gasteiger partial charge < -0.3 is 19.9 Å². The molecule has 0 bridgehead atoms. The Kier molecular flexibility index (Phi) is 7.48. The molecule has 0 aliphatic heterocycles. The first kappa shape index (κ1) is 16.0. The first-order valence-corrected chi connectivity index (χ1v) is 6.89. The summed E-state index contributed by atoms with van der Waals surface area (Å²) in [5, 5.41) is 13.0. The van der Waals surface area contributed by atoms with Gasteiger partial charge in [-0.25, -0.2) is 0 Å². The van der Waals surface area contributed by atoms with Gasteiger partial charge in [0.1, 0.15) is 18.5 Å². The van der Waals surface area contributed by atoms with Crippen molar-refractivity contribution < 1.29 is 14.6 Å². The maximum atomic E-state index is 9.59. The van der Waals surface area contributed by atoms with E-state index in [-0.39, 0.29) is 6.61 Å². The summed E-state index contributed by atoms with van der Waals surface area (Å²) < 4.78 is 10.6. The zero-order chi connectivity index (χ0) is 14.1. The molecule has 0 fully saturated rings. The predicted molar refractivity (Wildman–Crippen MR) is 76.5 cm³/mol. The number of nitrogens with one attached hydrogen (secondary N) is 1. The summed E-state index contributed by atoms with van der Waals surface area (Å²) in [4.78, 5) is 0. The minimum absolute atomic E-state index is 0.252. The fourth-order valence-corrected chi connectivity index (χ4v) is 1.77. The van der Waals surface area contributed by atoms with Crippen LogP contribution in [0.3, 0.4) is 0 Å². The molecule has 108 valence electrons. The Morgan fingerprint density at radius 1 is 1.16 bits per heavy atom. The van der Waals surface area contributed by atoms with Crippen LogP contribution in [0.25, 0.3) is 0 Å². The van der Waals surface area contributed by atoms with Crippen LogP contribution in [0.1, 0.15) is 32.4 Å². The molecule has 2 atom stereocenters. The highest BCUT2D eigenvalue weighted by Crippen LogP contribution is 2.17. The van der Waals surface area contributed by atoms with E-state index in [1.54, 1.807) is 0 Å². The molecule has 0 aliphatic carbocycles. The molecule has 1 aromatic rings. The van der Waals surface area contributed by atoms with Crippen molar-refractivity contribution in [1.29, 1.82) is 0 Å². The lowest BCUT2D eigenvalue weighted by Crippen LogP contribution is -2.23. The van der Waals surface area contributed by atoms with Crippen LogP contribution in [0.5, 0.6) is 5.75 Å². The molecule has 2 unspecified atom stereocenters. The molecule has 1 rings (SSSR count). The predicted octanol–water partition coefficient (Wildman–Crippen LogP) is 2.13. The topological polar surface area (TPSA) is 50.7 Å². The number of benzene rings is 1. The highest BCUT2D eigenvalue weighted by Gasteiger charge is 2.06. The Bertz CT molecular complexity index is 340. The number of rotatable bonds is 9. The van der Waals surface area contributed by atoms with Gasteiger partial charge in [0.25, 0.3) is 0 Å². The van der Waals surface area contributed by atoms with Gasteiger partial charge in [-0.15, -0.1) is 0 Å². The molecule has 0 radical (unpaired) electrons. The van der Waals surface area contributed by atoms with Crippen LogP contribution in [0.4, 0.5) is 0 Å². The van der Waals surface area contributed by atoms with E-state index in [0.717, 1.165) is 12.3 Å². The van der Waals surface area contributed by atoms with E-state index in [0.29, 0.717) is 19.3 Å². The highest BCUT2D eigenvalue weighted by molar-refractivity contribution is 5.28. The van der Waals surface area contributed by atoms with Crippen molar-refractivity contribution in [2.75, 3.05) is 26.4 Å². The monoisotopic (exact) mass is 267 g/mol. The van der Waals surface area contributed by atoms with Crippen molar-refractivity contribution in [1.82, 2.24) is 5.32 Å². The Morgan fingerprint density at radius 2 is 1.84 bits per heavy atom. The molecule has 4 heteroatoms. The first-order valence-electron chi connectivity index (χ1n) is 6.89. The van der Waals surface area contributed by atoms with Gasteiger partial charge in [-0.05, 0) is 38.1 Å². The van der Waals surface area contributed by atoms with Gasteiger partial charge in [-0.3, -0.25) is 0 Å². The van der Waals surface area contributed by atoms with Crippen LogP contribution < -0.4 is 10.1 Å². The molecule has 0 saturated carbocycles. The van der Waals surface area contributed by atoms with Gasteiger partial charge in [0.2, 0.25) is 0 Å². The van der Waals surface area contributed by atoms with Crippen LogP contribution in [0.2, 0.25) is 0 Å². The summed E-state index contributed by atoms with van der Waals surface area (Å²) in [6, 6.07) is 8.27. The van der Waals surface area contributed by atoms with Gasteiger partial charge in [0.05, 0.1) is 6.61 Å². The normalized spacial score (nSPS) is 14.1. The third-order valence-electron chi connectivity index (χ3n) is 2.85. The van der Waals surface area contributed by atoms with Crippen molar-refractivity contribution >= 4 is 0 Å². The summed E-state index contributed by atoms with van der Waals surface area (Å²) >= 11 is 0. The van der Waals surface area contributed by atoms with E-state index in [1.807, 2.05) is 31.2 Å². The number of ether oxygens (including phenoxy) is 2. The second-order valence-corrected chi connectivity index (χ2v) is 4.47. The summed E-state index contributed by atoms with van der Waals surface area (Å²) in [5.74, 6) is 0.767. The van der Waals surface area contributed by atoms with Crippen LogP contribution in [-0.4, -0.2) is 37.6 Å². The third-order valence-corrected chi connectivity index (χ3v) is 2.85. The number of aliphatic hydroxyl groups excluding tert-OH is 1. The van der Waals surface area contributed by atoms with E-state index >= 15 is 0 Å². The first-order chi connectivity index (χ1) is 9.17. The average molecular weight is 267 g/mol. The largest absolute Gasteiger partial charge is 0.491 e. The second-order valence-electron chi connectivity index (χ2n) is 4.47. The van der Waals surface area contributed by atoms with Gasteiger partial charge in [-0.2, -0.15) is 0 Å². The molecule has 0 heterocycles. The fourth-order valence-electron chi connectivity index (χ4n) is 1.77. The number of hydrogen-bond acceptors (Lipinski definition) is 4. The zero-order valence-electron chi connectivity index (χ0n) is 12.1. The molecule has 4 nitrogen and oxygen atoms in total. The summed E-state index contributed by atoms with van der Waals surface area (Å²) in [7, 11) is 0. The zero-order valence-corrected chi connectivity index (χ0v) is 12.1. The van der Waals surface area contributed by atoms with Crippen molar-refractivity contribution in [3.05, 3.63) is 29.8 Å². The van der Waals surface area contributed by atoms with Crippen LogP contribution in [0, 0.1) is 0 Å². The van der Waals surface area contributed by atoms with Gasteiger partial charge in [0, 0.05) is 12.6 Å². The van der Waals surface area contributed by atoms with E-state index in [4.69, 9.17) is 9.47 Å². The SMILES string of the molecule is CCNC(C)c1ccc(OCC(O)COCC)cc1. The second kappa shape index (κ2) is 8.91. The maximum absolute atomic E-state index is 9.59. The van der Waals surface area contributed by atoms with Gasteiger partial charge in [0.15, 0.2) is 0 Å².